The molecule has 1 aliphatic carbocycles. The first-order chi connectivity index (χ1) is 12.2. The van der Waals surface area contributed by atoms with Gasteiger partial charge in [0, 0.05) is 41.3 Å². The Kier molecular flexibility index (Phi) is 4.46. The van der Waals surface area contributed by atoms with E-state index in [1.165, 1.54) is 16.9 Å². The molecule has 128 valence electrons. The van der Waals surface area contributed by atoms with Crippen LogP contribution in [0, 0.1) is 0 Å². The number of benzene rings is 1. The summed E-state index contributed by atoms with van der Waals surface area (Å²) < 4.78 is 12.8. The van der Waals surface area contributed by atoms with E-state index >= 15 is 0 Å². The van der Waals surface area contributed by atoms with Crippen LogP contribution in [0.3, 0.4) is 0 Å². The molecular formula is C19H19FN4S. The lowest BCUT2D eigenvalue weighted by Crippen LogP contribution is -2.16. The van der Waals surface area contributed by atoms with Gasteiger partial charge in [-0.3, -0.25) is 4.98 Å². The molecule has 2 heterocycles. The summed E-state index contributed by atoms with van der Waals surface area (Å²) in [6.45, 7) is 0.352. The minimum atomic E-state index is -0.452. The average Bonchev–Trinajstić information content (AvgIpc) is 3.32. The van der Waals surface area contributed by atoms with Crippen LogP contribution in [0.2, 0.25) is 0 Å². The highest BCUT2D eigenvalue weighted by Crippen LogP contribution is 2.41. The van der Waals surface area contributed by atoms with Gasteiger partial charge in [-0.25, -0.2) is 9.37 Å². The molecule has 1 aliphatic rings. The number of nitrogens with two attached hydrogens (primary N) is 1. The number of thiazole rings is 1. The SMILES string of the molecule is Nc1ncc(CN[C@H]2C[C@@H]2c2ccc(-c3cccc(CF)c3)nc2)s1. The van der Waals surface area contributed by atoms with Crippen molar-refractivity contribution in [1.29, 1.82) is 0 Å². The third-order valence-corrected chi connectivity index (χ3v) is 5.32. The molecule has 0 bridgehead atoms. The predicted octanol–water partition coefficient (Wildman–Crippen LogP) is 3.90. The highest BCUT2D eigenvalue weighted by molar-refractivity contribution is 7.15. The number of hydrogen-bond donors (Lipinski definition) is 2. The van der Waals surface area contributed by atoms with E-state index < -0.39 is 6.67 Å². The van der Waals surface area contributed by atoms with Gasteiger partial charge in [-0.2, -0.15) is 0 Å². The largest absolute Gasteiger partial charge is 0.375 e. The van der Waals surface area contributed by atoms with Gasteiger partial charge >= 0.3 is 0 Å². The number of anilines is 1. The molecule has 1 saturated carbocycles. The number of halogens is 1. The number of nitrogen functional groups attached to an aromatic ring is 1. The molecule has 0 spiro atoms. The maximum absolute atomic E-state index is 12.8. The number of nitrogens with zero attached hydrogens (tertiary/aromatic N) is 2. The van der Waals surface area contributed by atoms with Crippen LogP contribution in [0.15, 0.2) is 48.8 Å². The Bertz CT molecular complexity index is 862. The third kappa shape index (κ3) is 3.70. The smallest absolute Gasteiger partial charge is 0.180 e. The molecule has 1 aromatic carbocycles. The third-order valence-electron chi connectivity index (χ3n) is 4.49. The molecule has 2 atom stereocenters. The van der Waals surface area contributed by atoms with Gasteiger partial charge in [0.25, 0.3) is 0 Å². The Hall–Kier alpha value is -2.31. The summed E-state index contributed by atoms with van der Waals surface area (Å²) in [5, 5.41) is 4.15. The van der Waals surface area contributed by atoms with Gasteiger partial charge in [-0.05, 0) is 29.7 Å². The van der Waals surface area contributed by atoms with Crippen molar-refractivity contribution in [2.45, 2.75) is 31.6 Å². The Morgan fingerprint density at radius 3 is 2.84 bits per heavy atom. The Morgan fingerprint density at radius 2 is 2.12 bits per heavy atom. The van der Waals surface area contributed by atoms with Crippen molar-refractivity contribution in [3.8, 4) is 11.3 Å². The zero-order valence-corrected chi connectivity index (χ0v) is 14.5. The molecule has 25 heavy (non-hydrogen) atoms. The van der Waals surface area contributed by atoms with Crippen LogP contribution < -0.4 is 11.1 Å². The number of hydrogen-bond acceptors (Lipinski definition) is 5. The van der Waals surface area contributed by atoms with E-state index in [0.717, 1.165) is 29.1 Å². The van der Waals surface area contributed by atoms with Gasteiger partial charge in [-0.15, -0.1) is 11.3 Å². The van der Waals surface area contributed by atoms with E-state index in [1.54, 1.807) is 6.07 Å². The maximum Gasteiger partial charge on any atom is 0.180 e. The fourth-order valence-corrected chi connectivity index (χ4v) is 3.67. The second kappa shape index (κ2) is 6.90. The zero-order chi connectivity index (χ0) is 17.2. The van der Waals surface area contributed by atoms with Crippen molar-refractivity contribution in [3.05, 3.63) is 64.8 Å². The standard InChI is InChI=1S/C19H19FN4S/c20-8-12-2-1-3-13(6-12)17-5-4-14(9-22-17)16-7-18(16)23-10-15-11-24-19(21)25-15/h1-6,9,11,16,18,23H,7-8,10H2,(H2,21,24)/t16-,18+/m1/s1. The molecule has 3 N–H and O–H groups in total. The monoisotopic (exact) mass is 354 g/mol. The van der Waals surface area contributed by atoms with Gasteiger partial charge in [0.15, 0.2) is 5.13 Å². The molecule has 6 heteroatoms. The van der Waals surface area contributed by atoms with E-state index in [2.05, 4.69) is 21.4 Å². The molecule has 0 radical (unpaired) electrons. The van der Waals surface area contributed by atoms with Gasteiger partial charge in [0.1, 0.15) is 6.67 Å². The molecule has 0 unspecified atom stereocenters. The van der Waals surface area contributed by atoms with Gasteiger partial charge in [-0.1, -0.05) is 24.3 Å². The first-order valence-corrected chi connectivity index (χ1v) is 9.09. The van der Waals surface area contributed by atoms with Crippen molar-refractivity contribution < 1.29 is 4.39 Å². The second-order valence-electron chi connectivity index (χ2n) is 6.31. The normalized spacial score (nSPS) is 19.1. The lowest BCUT2D eigenvalue weighted by atomic mass is 10.1. The molecular weight excluding hydrogens is 335 g/mol. The van der Waals surface area contributed by atoms with Crippen LogP contribution in [0.1, 0.15) is 28.3 Å². The fourth-order valence-electron chi connectivity index (χ4n) is 3.03. The van der Waals surface area contributed by atoms with Gasteiger partial charge < -0.3 is 11.1 Å². The molecule has 0 saturated heterocycles. The van der Waals surface area contributed by atoms with Crippen LogP contribution in [0.25, 0.3) is 11.3 Å². The van der Waals surface area contributed by atoms with Gasteiger partial charge in [0.2, 0.25) is 0 Å². The molecule has 4 nitrogen and oxygen atoms in total. The first kappa shape index (κ1) is 16.2. The van der Waals surface area contributed by atoms with E-state index in [4.69, 9.17) is 5.73 Å². The summed E-state index contributed by atoms with van der Waals surface area (Å²) in [6.07, 6.45) is 4.88. The predicted molar refractivity (Wildman–Crippen MR) is 99.0 cm³/mol. The Morgan fingerprint density at radius 1 is 1.20 bits per heavy atom. The summed E-state index contributed by atoms with van der Waals surface area (Å²) in [4.78, 5) is 9.79. The van der Waals surface area contributed by atoms with Crippen LogP contribution in [0.4, 0.5) is 9.52 Å². The first-order valence-electron chi connectivity index (χ1n) is 8.28. The number of alkyl halides is 1. The highest BCUT2D eigenvalue weighted by Gasteiger charge is 2.38. The molecule has 3 aromatic rings. The number of pyridine rings is 1. The van der Waals surface area contributed by atoms with Crippen molar-refractivity contribution in [2.24, 2.45) is 0 Å². The second-order valence-corrected chi connectivity index (χ2v) is 7.45. The minimum Gasteiger partial charge on any atom is -0.375 e. The summed E-state index contributed by atoms with van der Waals surface area (Å²) in [6, 6.07) is 12.1. The van der Waals surface area contributed by atoms with Crippen LogP contribution in [0.5, 0.6) is 0 Å². The van der Waals surface area contributed by atoms with E-state index in [-0.39, 0.29) is 0 Å². The number of aromatic nitrogens is 2. The summed E-state index contributed by atoms with van der Waals surface area (Å²) in [5.41, 5.74) is 9.40. The molecule has 1 fully saturated rings. The highest BCUT2D eigenvalue weighted by atomic mass is 32.1. The topological polar surface area (TPSA) is 63.8 Å². The Labute approximate surface area is 149 Å². The van der Waals surface area contributed by atoms with Crippen LogP contribution in [-0.2, 0) is 13.2 Å². The molecule has 2 aromatic heterocycles. The van der Waals surface area contributed by atoms with Crippen LogP contribution >= 0.6 is 11.3 Å². The van der Waals surface area contributed by atoms with E-state index in [9.17, 15) is 4.39 Å². The lowest BCUT2D eigenvalue weighted by molar-refractivity contribution is 0.485. The molecule has 0 amide bonds. The Balaban J connectivity index is 1.38. The zero-order valence-electron chi connectivity index (χ0n) is 13.7. The molecule has 4 rings (SSSR count). The number of rotatable bonds is 6. The fraction of sp³-hybridized carbons (Fsp3) is 0.263. The maximum atomic E-state index is 12.8. The van der Waals surface area contributed by atoms with Crippen LogP contribution in [-0.4, -0.2) is 16.0 Å². The van der Waals surface area contributed by atoms with Crippen molar-refractivity contribution in [2.75, 3.05) is 5.73 Å². The van der Waals surface area contributed by atoms with Gasteiger partial charge in [0.05, 0.1) is 5.69 Å². The number of nitrogens with one attached hydrogen (secondary N) is 1. The summed E-state index contributed by atoms with van der Waals surface area (Å²) in [7, 11) is 0. The van der Waals surface area contributed by atoms with E-state index in [1.807, 2.05) is 36.7 Å². The van der Waals surface area contributed by atoms with E-state index in [0.29, 0.717) is 22.7 Å². The van der Waals surface area contributed by atoms with Crippen molar-refractivity contribution >= 4 is 16.5 Å². The van der Waals surface area contributed by atoms with Crippen molar-refractivity contribution in [3.63, 3.8) is 0 Å². The average molecular weight is 354 g/mol. The lowest BCUT2D eigenvalue weighted by Gasteiger charge is -2.05. The quantitative estimate of drug-likeness (QED) is 0.705. The summed E-state index contributed by atoms with van der Waals surface area (Å²) in [5.74, 6) is 0.504. The summed E-state index contributed by atoms with van der Waals surface area (Å²) >= 11 is 1.52. The molecule has 0 aliphatic heterocycles. The van der Waals surface area contributed by atoms with Crippen molar-refractivity contribution in [1.82, 2.24) is 15.3 Å². The minimum absolute atomic E-state index is 0.452.